The van der Waals surface area contributed by atoms with Crippen molar-refractivity contribution in [3.63, 3.8) is 0 Å². The smallest absolute Gasteiger partial charge is 0.254 e. The van der Waals surface area contributed by atoms with E-state index in [1.165, 1.54) is 31.2 Å². The number of benzene rings is 1. The summed E-state index contributed by atoms with van der Waals surface area (Å²) in [5.41, 5.74) is 2.52. The fourth-order valence-corrected chi connectivity index (χ4v) is 3.85. The van der Waals surface area contributed by atoms with Gasteiger partial charge in [0.15, 0.2) is 0 Å². The van der Waals surface area contributed by atoms with Crippen LogP contribution < -0.4 is 4.90 Å². The Balaban J connectivity index is 1.50. The third-order valence-electron chi connectivity index (χ3n) is 5.17. The molecule has 5 nitrogen and oxygen atoms in total. The molecule has 2 aromatic heterocycles. The van der Waals surface area contributed by atoms with Gasteiger partial charge >= 0.3 is 0 Å². The first-order valence-corrected chi connectivity index (χ1v) is 9.35. The molecule has 0 amide bonds. The topological polar surface area (TPSA) is 46.3 Å². The first kappa shape index (κ1) is 16.1. The molecule has 0 radical (unpaired) electrons. The summed E-state index contributed by atoms with van der Waals surface area (Å²) in [4.78, 5) is 11.4. The predicted molar refractivity (Wildman–Crippen MR) is 99.9 cm³/mol. The van der Waals surface area contributed by atoms with Crippen LogP contribution in [0.3, 0.4) is 0 Å². The van der Waals surface area contributed by atoms with Gasteiger partial charge in [-0.3, -0.25) is 0 Å². The lowest BCUT2D eigenvalue weighted by molar-refractivity contribution is 0.573. The molecular formula is C20H25N5. The Bertz CT molecular complexity index is 826. The quantitative estimate of drug-likeness (QED) is 0.689. The molecule has 4 rings (SSSR count). The number of hydrogen-bond acceptors (Lipinski definition) is 4. The average Bonchev–Trinajstić information content (AvgIpc) is 3.31. The first-order chi connectivity index (χ1) is 12.3. The molecule has 3 aromatic rings. The highest BCUT2D eigenvalue weighted by Gasteiger charge is 2.27. The second-order valence-electron chi connectivity index (χ2n) is 6.80. The van der Waals surface area contributed by atoms with Gasteiger partial charge in [-0.1, -0.05) is 37.3 Å². The summed E-state index contributed by atoms with van der Waals surface area (Å²) in [5, 5.41) is 4.40. The summed E-state index contributed by atoms with van der Waals surface area (Å²) in [6.45, 7) is 3.23. The minimum Gasteiger partial charge on any atom is -0.353 e. The SMILES string of the molecule is CCc1cc(N2CCCC2CCCc2ccccc2)n2ncnc2n1. The van der Waals surface area contributed by atoms with Crippen molar-refractivity contribution in [1.82, 2.24) is 19.6 Å². The van der Waals surface area contributed by atoms with E-state index in [0.717, 1.165) is 30.9 Å². The second kappa shape index (κ2) is 7.21. The standard InChI is InChI=1S/C20H25N5/c1-2-17-14-19(25-20(23-17)21-15-22-25)24-13-7-12-18(24)11-6-10-16-8-4-3-5-9-16/h3-5,8-9,14-15,18H,2,6-7,10-13H2,1H3. The molecular weight excluding hydrogens is 310 g/mol. The van der Waals surface area contributed by atoms with Crippen LogP contribution in [0.1, 0.15) is 43.9 Å². The molecule has 3 heterocycles. The van der Waals surface area contributed by atoms with E-state index in [4.69, 9.17) is 0 Å². The van der Waals surface area contributed by atoms with Crippen molar-refractivity contribution in [3.05, 3.63) is 54.0 Å². The lowest BCUT2D eigenvalue weighted by Crippen LogP contribution is -2.31. The number of rotatable bonds is 6. The van der Waals surface area contributed by atoms with Gasteiger partial charge in [-0.2, -0.15) is 14.6 Å². The zero-order valence-corrected chi connectivity index (χ0v) is 14.8. The Hall–Kier alpha value is -2.43. The highest BCUT2D eigenvalue weighted by molar-refractivity contribution is 5.49. The zero-order chi connectivity index (χ0) is 17.1. The van der Waals surface area contributed by atoms with Crippen LogP contribution in [0.4, 0.5) is 5.82 Å². The molecule has 0 saturated carbocycles. The second-order valence-corrected chi connectivity index (χ2v) is 6.80. The Morgan fingerprint density at radius 1 is 1.20 bits per heavy atom. The molecule has 1 saturated heterocycles. The maximum Gasteiger partial charge on any atom is 0.254 e. The maximum atomic E-state index is 4.58. The van der Waals surface area contributed by atoms with Crippen molar-refractivity contribution in [3.8, 4) is 0 Å². The lowest BCUT2D eigenvalue weighted by Gasteiger charge is -2.27. The van der Waals surface area contributed by atoms with Crippen molar-refractivity contribution < 1.29 is 0 Å². The molecule has 1 aromatic carbocycles. The van der Waals surface area contributed by atoms with Crippen LogP contribution in [0.5, 0.6) is 0 Å². The fourth-order valence-electron chi connectivity index (χ4n) is 3.85. The number of hydrogen-bond donors (Lipinski definition) is 0. The molecule has 1 unspecified atom stereocenters. The van der Waals surface area contributed by atoms with Crippen LogP contribution in [0, 0.1) is 0 Å². The Kier molecular flexibility index (Phi) is 4.63. The normalized spacial score (nSPS) is 17.5. The van der Waals surface area contributed by atoms with Gasteiger partial charge in [-0.25, -0.2) is 4.98 Å². The zero-order valence-electron chi connectivity index (χ0n) is 14.8. The third-order valence-corrected chi connectivity index (χ3v) is 5.17. The van der Waals surface area contributed by atoms with E-state index in [0.29, 0.717) is 11.8 Å². The van der Waals surface area contributed by atoms with E-state index >= 15 is 0 Å². The number of fused-ring (bicyclic) bond motifs is 1. The molecule has 1 fully saturated rings. The summed E-state index contributed by atoms with van der Waals surface area (Å²) in [5.74, 6) is 1.87. The summed E-state index contributed by atoms with van der Waals surface area (Å²) in [6.07, 6.45) is 8.62. The molecule has 0 spiro atoms. The fraction of sp³-hybridized carbons (Fsp3) is 0.450. The number of nitrogens with zero attached hydrogens (tertiary/aromatic N) is 5. The monoisotopic (exact) mass is 335 g/mol. The first-order valence-electron chi connectivity index (χ1n) is 9.35. The van der Waals surface area contributed by atoms with Crippen LogP contribution in [0.2, 0.25) is 0 Å². The van der Waals surface area contributed by atoms with Gasteiger partial charge in [0.05, 0.1) is 0 Å². The minimum atomic E-state index is 0.586. The molecule has 1 aliphatic heterocycles. The number of anilines is 1. The molecule has 25 heavy (non-hydrogen) atoms. The highest BCUT2D eigenvalue weighted by Crippen LogP contribution is 2.29. The Morgan fingerprint density at radius 3 is 2.92 bits per heavy atom. The molecule has 1 aliphatic rings. The van der Waals surface area contributed by atoms with Gasteiger partial charge in [-0.15, -0.1) is 0 Å². The lowest BCUT2D eigenvalue weighted by atomic mass is 10.0. The summed E-state index contributed by atoms with van der Waals surface area (Å²) >= 11 is 0. The van der Waals surface area contributed by atoms with Crippen LogP contribution >= 0.6 is 0 Å². The van der Waals surface area contributed by atoms with E-state index in [9.17, 15) is 0 Å². The van der Waals surface area contributed by atoms with Crippen LogP contribution in [-0.4, -0.2) is 32.2 Å². The van der Waals surface area contributed by atoms with Crippen molar-refractivity contribution in [1.29, 1.82) is 0 Å². The average molecular weight is 335 g/mol. The van der Waals surface area contributed by atoms with Crippen molar-refractivity contribution >= 4 is 11.6 Å². The summed E-state index contributed by atoms with van der Waals surface area (Å²) in [7, 11) is 0. The van der Waals surface area contributed by atoms with E-state index < -0.39 is 0 Å². The minimum absolute atomic E-state index is 0.586. The maximum absolute atomic E-state index is 4.58. The molecule has 130 valence electrons. The van der Waals surface area contributed by atoms with Gasteiger partial charge in [0.25, 0.3) is 5.78 Å². The molecule has 1 atom stereocenters. The molecule has 5 heteroatoms. The summed E-state index contributed by atoms with van der Waals surface area (Å²) in [6, 6.07) is 13.6. The molecule has 0 bridgehead atoms. The van der Waals surface area contributed by atoms with Gasteiger partial charge < -0.3 is 4.90 Å². The van der Waals surface area contributed by atoms with E-state index in [1.807, 2.05) is 4.52 Å². The number of aromatic nitrogens is 4. The Labute approximate surface area is 148 Å². The highest BCUT2D eigenvalue weighted by atomic mass is 15.4. The van der Waals surface area contributed by atoms with Crippen molar-refractivity contribution in [2.45, 2.75) is 51.5 Å². The van der Waals surface area contributed by atoms with Crippen LogP contribution in [0.15, 0.2) is 42.7 Å². The van der Waals surface area contributed by atoms with Gasteiger partial charge in [0.2, 0.25) is 0 Å². The summed E-state index contributed by atoms with van der Waals surface area (Å²) < 4.78 is 1.90. The van der Waals surface area contributed by atoms with Gasteiger partial charge in [0.1, 0.15) is 12.1 Å². The van der Waals surface area contributed by atoms with Gasteiger partial charge in [-0.05, 0) is 44.1 Å². The van der Waals surface area contributed by atoms with E-state index in [-0.39, 0.29) is 0 Å². The van der Waals surface area contributed by atoms with Crippen molar-refractivity contribution in [2.24, 2.45) is 0 Å². The van der Waals surface area contributed by atoms with E-state index in [2.05, 4.69) is 63.3 Å². The van der Waals surface area contributed by atoms with Crippen molar-refractivity contribution in [2.75, 3.05) is 11.4 Å². The largest absolute Gasteiger partial charge is 0.353 e. The molecule has 0 N–H and O–H groups in total. The predicted octanol–water partition coefficient (Wildman–Crippen LogP) is 3.68. The Morgan fingerprint density at radius 2 is 2.08 bits per heavy atom. The van der Waals surface area contributed by atoms with Crippen LogP contribution in [0.25, 0.3) is 5.78 Å². The van der Waals surface area contributed by atoms with Crippen LogP contribution in [-0.2, 0) is 12.8 Å². The van der Waals surface area contributed by atoms with E-state index in [1.54, 1.807) is 6.33 Å². The number of aryl methyl sites for hydroxylation is 2. The molecule has 0 aliphatic carbocycles. The van der Waals surface area contributed by atoms with Gasteiger partial charge in [0, 0.05) is 24.3 Å². The third kappa shape index (κ3) is 3.36.